The zero-order chi connectivity index (χ0) is 18.3. The van der Waals surface area contributed by atoms with Crippen molar-refractivity contribution in [2.75, 3.05) is 19.6 Å². The highest BCUT2D eigenvalue weighted by Crippen LogP contribution is 2.21. The SMILES string of the molecule is CCN[C@H](C)CNC(=O)CCNS(=O)(=O)c1c(C)cc(C)cc1C.Cl. The highest BCUT2D eigenvalue weighted by atomic mass is 35.5. The van der Waals surface area contributed by atoms with Gasteiger partial charge in [-0.25, -0.2) is 13.1 Å². The number of likely N-dealkylation sites (N-methyl/N-ethyl adjacent to an activating group) is 1. The van der Waals surface area contributed by atoms with Crippen molar-refractivity contribution >= 4 is 28.3 Å². The van der Waals surface area contributed by atoms with Crippen molar-refractivity contribution in [1.82, 2.24) is 15.4 Å². The van der Waals surface area contributed by atoms with Crippen molar-refractivity contribution in [3.05, 3.63) is 28.8 Å². The maximum absolute atomic E-state index is 12.5. The first-order valence-corrected chi connectivity index (χ1v) is 9.73. The van der Waals surface area contributed by atoms with E-state index in [1.807, 2.05) is 32.9 Å². The zero-order valence-electron chi connectivity index (χ0n) is 15.6. The molecule has 0 spiro atoms. The number of rotatable bonds is 9. The van der Waals surface area contributed by atoms with Gasteiger partial charge < -0.3 is 10.6 Å². The van der Waals surface area contributed by atoms with E-state index in [2.05, 4.69) is 15.4 Å². The summed E-state index contributed by atoms with van der Waals surface area (Å²) in [7, 11) is -3.62. The Hall–Kier alpha value is -1.15. The van der Waals surface area contributed by atoms with Crippen LogP contribution in [-0.4, -0.2) is 40.0 Å². The summed E-state index contributed by atoms with van der Waals surface area (Å²) in [6, 6.07) is 3.88. The van der Waals surface area contributed by atoms with Gasteiger partial charge in [0, 0.05) is 25.6 Å². The third-order valence-corrected chi connectivity index (χ3v) is 5.44. The van der Waals surface area contributed by atoms with E-state index < -0.39 is 10.0 Å². The van der Waals surface area contributed by atoms with E-state index >= 15 is 0 Å². The van der Waals surface area contributed by atoms with Crippen molar-refractivity contribution in [2.24, 2.45) is 0 Å². The van der Waals surface area contributed by atoms with Gasteiger partial charge in [-0.3, -0.25) is 4.79 Å². The predicted octanol–water partition coefficient (Wildman–Crippen LogP) is 1.82. The molecular weight excluding hydrogens is 362 g/mol. The normalized spacial score (nSPS) is 12.4. The van der Waals surface area contributed by atoms with E-state index in [-0.39, 0.29) is 37.3 Å². The van der Waals surface area contributed by atoms with Crippen molar-refractivity contribution in [1.29, 1.82) is 0 Å². The van der Waals surface area contributed by atoms with Crippen LogP contribution in [0.3, 0.4) is 0 Å². The lowest BCUT2D eigenvalue weighted by atomic mass is 10.1. The van der Waals surface area contributed by atoms with E-state index in [0.717, 1.165) is 12.1 Å². The second-order valence-electron chi connectivity index (χ2n) is 6.14. The largest absolute Gasteiger partial charge is 0.355 e. The van der Waals surface area contributed by atoms with Gasteiger partial charge in [0.15, 0.2) is 0 Å². The second kappa shape index (κ2) is 10.8. The molecule has 0 unspecified atom stereocenters. The number of carbonyl (C=O) groups excluding carboxylic acids is 1. The van der Waals surface area contributed by atoms with Gasteiger partial charge in [-0.2, -0.15) is 0 Å². The molecule has 1 rings (SSSR count). The number of benzene rings is 1. The van der Waals surface area contributed by atoms with Crippen molar-refractivity contribution < 1.29 is 13.2 Å². The maximum Gasteiger partial charge on any atom is 0.241 e. The standard InChI is InChI=1S/C17H29N3O3S.ClH/c1-6-18-15(5)11-19-16(21)7-8-20-24(22,23)17-13(3)9-12(2)10-14(17)4;/h9-10,15,18,20H,6-8,11H2,1-5H3,(H,19,21);1H/t15-;/m1./s1. The quantitative estimate of drug-likeness (QED) is 0.599. The van der Waals surface area contributed by atoms with Crippen LogP contribution in [0.15, 0.2) is 17.0 Å². The van der Waals surface area contributed by atoms with Crippen LogP contribution in [0.4, 0.5) is 0 Å². The number of nitrogens with one attached hydrogen (secondary N) is 3. The van der Waals surface area contributed by atoms with Gasteiger partial charge in [0.05, 0.1) is 4.90 Å². The summed E-state index contributed by atoms with van der Waals surface area (Å²) >= 11 is 0. The smallest absolute Gasteiger partial charge is 0.241 e. The van der Waals surface area contributed by atoms with Gasteiger partial charge in [0.25, 0.3) is 0 Å². The summed E-state index contributed by atoms with van der Waals surface area (Å²) in [6.45, 7) is 10.9. The minimum absolute atomic E-state index is 0. The molecule has 1 atom stereocenters. The molecule has 0 saturated heterocycles. The van der Waals surface area contributed by atoms with Crippen LogP contribution in [0, 0.1) is 20.8 Å². The summed E-state index contributed by atoms with van der Waals surface area (Å²) in [5.74, 6) is -0.167. The van der Waals surface area contributed by atoms with Gasteiger partial charge in [-0.05, 0) is 45.4 Å². The van der Waals surface area contributed by atoms with E-state index in [9.17, 15) is 13.2 Å². The molecule has 0 heterocycles. The summed E-state index contributed by atoms with van der Waals surface area (Å²) in [5, 5.41) is 5.98. The van der Waals surface area contributed by atoms with Gasteiger partial charge in [-0.15, -0.1) is 12.4 Å². The monoisotopic (exact) mass is 391 g/mol. The maximum atomic E-state index is 12.5. The highest BCUT2D eigenvalue weighted by Gasteiger charge is 2.19. The predicted molar refractivity (Wildman–Crippen MR) is 104 cm³/mol. The first-order valence-electron chi connectivity index (χ1n) is 8.25. The highest BCUT2D eigenvalue weighted by molar-refractivity contribution is 7.89. The van der Waals surface area contributed by atoms with Crippen molar-refractivity contribution in [3.63, 3.8) is 0 Å². The fourth-order valence-corrected chi connectivity index (χ4v) is 4.22. The molecule has 1 aromatic carbocycles. The molecule has 1 aromatic rings. The van der Waals surface area contributed by atoms with Gasteiger partial charge in [0.1, 0.15) is 0 Å². The van der Waals surface area contributed by atoms with Crippen molar-refractivity contribution in [3.8, 4) is 0 Å². The van der Waals surface area contributed by atoms with Crippen LogP contribution < -0.4 is 15.4 Å². The Morgan fingerprint density at radius 2 is 1.72 bits per heavy atom. The molecule has 8 heteroatoms. The Kier molecular flexibility index (Phi) is 10.3. The van der Waals surface area contributed by atoms with Crippen LogP contribution in [0.5, 0.6) is 0 Å². The Labute approximate surface area is 157 Å². The molecule has 144 valence electrons. The average molecular weight is 392 g/mol. The van der Waals surface area contributed by atoms with Crippen LogP contribution in [0.2, 0.25) is 0 Å². The molecule has 3 N–H and O–H groups in total. The fourth-order valence-electron chi connectivity index (χ4n) is 2.74. The van der Waals surface area contributed by atoms with Crippen molar-refractivity contribution in [2.45, 2.75) is 52.0 Å². The Balaban J connectivity index is 0.00000576. The molecule has 1 amide bonds. The Morgan fingerprint density at radius 3 is 2.24 bits per heavy atom. The second-order valence-corrected chi connectivity index (χ2v) is 7.84. The molecule has 0 aromatic heterocycles. The molecule has 0 fully saturated rings. The molecule has 6 nitrogen and oxygen atoms in total. The van der Waals surface area contributed by atoms with Crippen LogP contribution in [0.25, 0.3) is 0 Å². The molecule has 25 heavy (non-hydrogen) atoms. The molecule has 0 bridgehead atoms. The first-order chi connectivity index (χ1) is 11.2. The lowest BCUT2D eigenvalue weighted by molar-refractivity contribution is -0.121. The number of hydrogen-bond acceptors (Lipinski definition) is 4. The summed E-state index contributed by atoms with van der Waals surface area (Å²) in [6.07, 6.45) is 0.113. The summed E-state index contributed by atoms with van der Waals surface area (Å²) in [5.41, 5.74) is 2.45. The number of halogens is 1. The summed E-state index contributed by atoms with van der Waals surface area (Å²) in [4.78, 5) is 12.1. The van der Waals surface area contributed by atoms with Gasteiger partial charge >= 0.3 is 0 Å². The number of carbonyl (C=O) groups is 1. The topological polar surface area (TPSA) is 87.3 Å². The average Bonchev–Trinajstić information content (AvgIpc) is 2.43. The number of amides is 1. The molecule has 0 aliphatic rings. The molecular formula is C17H30ClN3O3S. The van der Waals surface area contributed by atoms with E-state index in [1.165, 1.54) is 0 Å². The minimum Gasteiger partial charge on any atom is -0.355 e. The number of aryl methyl sites for hydroxylation is 3. The third-order valence-electron chi connectivity index (χ3n) is 3.68. The Bertz CT molecular complexity index is 655. The van der Waals surface area contributed by atoms with Crippen LogP contribution in [-0.2, 0) is 14.8 Å². The number of hydrogen-bond donors (Lipinski definition) is 3. The lowest BCUT2D eigenvalue weighted by Crippen LogP contribution is -2.39. The number of sulfonamides is 1. The molecule has 0 aliphatic heterocycles. The van der Waals surface area contributed by atoms with E-state index in [1.54, 1.807) is 13.8 Å². The zero-order valence-corrected chi connectivity index (χ0v) is 17.2. The van der Waals surface area contributed by atoms with Gasteiger partial charge in [-0.1, -0.05) is 24.6 Å². The van der Waals surface area contributed by atoms with Crippen LogP contribution in [0.1, 0.15) is 37.0 Å². The van der Waals surface area contributed by atoms with E-state index in [0.29, 0.717) is 22.6 Å². The molecule has 0 aliphatic carbocycles. The Morgan fingerprint density at radius 1 is 1.16 bits per heavy atom. The third kappa shape index (κ3) is 7.73. The van der Waals surface area contributed by atoms with Gasteiger partial charge in [0.2, 0.25) is 15.9 Å². The summed E-state index contributed by atoms with van der Waals surface area (Å²) < 4.78 is 27.4. The fraction of sp³-hybridized carbons (Fsp3) is 0.588. The first kappa shape index (κ1) is 23.9. The minimum atomic E-state index is -3.62. The molecule has 0 saturated carbocycles. The lowest BCUT2D eigenvalue weighted by Gasteiger charge is -2.14. The molecule has 0 radical (unpaired) electrons. The van der Waals surface area contributed by atoms with E-state index in [4.69, 9.17) is 0 Å². The van der Waals surface area contributed by atoms with Crippen LogP contribution >= 0.6 is 12.4 Å².